The molecule has 6 rings (SSSR count). The van der Waals surface area contributed by atoms with E-state index in [-0.39, 0.29) is 22.6 Å². The van der Waals surface area contributed by atoms with E-state index in [1.165, 1.54) is 44.3 Å². The van der Waals surface area contributed by atoms with Crippen molar-refractivity contribution in [3.63, 3.8) is 0 Å². The summed E-state index contributed by atoms with van der Waals surface area (Å²) in [6.45, 7) is 0.509. The number of amides is 1. The highest BCUT2D eigenvalue weighted by Crippen LogP contribution is 2.43. The molecular weight excluding hydrogens is 590 g/mol. The molecule has 9 nitrogen and oxygen atoms in total. The number of pyridine rings is 1. The molecule has 44 heavy (non-hydrogen) atoms. The van der Waals surface area contributed by atoms with Crippen LogP contribution in [0.15, 0.2) is 87.8 Å². The summed E-state index contributed by atoms with van der Waals surface area (Å²) in [7, 11) is -2.52. The van der Waals surface area contributed by atoms with Crippen molar-refractivity contribution in [2.24, 2.45) is 0 Å². The Morgan fingerprint density at radius 1 is 1.00 bits per heavy atom. The number of hydrogen-bond donors (Lipinski definition) is 1. The number of sulfonamides is 1. The Hall–Kier alpha value is -5.10. The van der Waals surface area contributed by atoms with Crippen molar-refractivity contribution in [2.75, 3.05) is 24.3 Å². The van der Waals surface area contributed by atoms with Crippen molar-refractivity contribution in [2.45, 2.75) is 13.0 Å². The SMILES string of the molecule is CNC(=O)c1c(-c2ccc(F)cc2)oc2cc(N(C(C)CF)S(C)(=O)=O)c(-c3cccc(-c4nc5[nH+]cccc5o4)c3)cc12. The number of fused-ring (bicyclic) bond motifs is 2. The van der Waals surface area contributed by atoms with Gasteiger partial charge in [-0.25, -0.2) is 22.2 Å². The number of aromatic amines is 1. The second-order valence-electron chi connectivity index (χ2n) is 10.3. The molecule has 12 heteroatoms. The van der Waals surface area contributed by atoms with Crippen LogP contribution < -0.4 is 14.6 Å². The number of H-pyrrole nitrogens is 1. The summed E-state index contributed by atoms with van der Waals surface area (Å²) in [5.41, 5.74) is 3.61. The van der Waals surface area contributed by atoms with Crippen LogP contribution in [0.1, 0.15) is 17.3 Å². The summed E-state index contributed by atoms with van der Waals surface area (Å²) in [5.74, 6) is -0.424. The predicted molar refractivity (Wildman–Crippen MR) is 163 cm³/mol. The van der Waals surface area contributed by atoms with Gasteiger partial charge in [-0.05, 0) is 67.1 Å². The molecular formula is C32H27F2N4O5S+. The fraction of sp³-hybridized carbons (Fsp3) is 0.156. The molecule has 0 bridgehead atoms. The Morgan fingerprint density at radius 2 is 1.75 bits per heavy atom. The fourth-order valence-corrected chi connectivity index (χ4v) is 6.48. The zero-order valence-electron chi connectivity index (χ0n) is 23.9. The number of aromatic nitrogens is 2. The highest BCUT2D eigenvalue weighted by molar-refractivity contribution is 7.92. The number of carbonyl (C=O) groups is 1. The standard InChI is InChI=1S/C32H26F2N4O5S/c1-18(17-33)38(44(3,40)41)25-16-27-24(28(31(39)35-2)29(42-27)19-9-11-22(34)12-10-19)15-23(25)20-6-4-7-21(14-20)32-37-30-26(43-32)8-5-13-36-30/h4-16,18H,17H2,1-3H3,(H,35,39)/p+1. The number of halogens is 2. The molecule has 0 fully saturated rings. The Morgan fingerprint density at radius 3 is 2.43 bits per heavy atom. The minimum Gasteiger partial charge on any atom is -0.455 e. The first-order chi connectivity index (χ1) is 21.1. The minimum absolute atomic E-state index is 0.149. The van der Waals surface area contributed by atoms with Crippen LogP contribution in [-0.4, -0.2) is 45.3 Å². The molecule has 0 radical (unpaired) electrons. The van der Waals surface area contributed by atoms with Gasteiger partial charge in [-0.1, -0.05) is 12.1 Å². The second kappa shape index (κ2) is 11.2. The lowest BCUT2D eigenvalue weighted by molar-refractivity contribution is -0.347. The van der Waals surface area contributed by atoms with Crippen molar-refractivity contribution < 1.29 is 35.8 Å². The van der Waals surface area contributed by atoms with E-state index in [1.807, 2.05) is 0 Å². The van der Waals surface area contributed by atoms with E-state index in [0.717, 1.165) is 10.6 Å². The number of nitrogens with zero attached hydrogens (tertiary/aromatic N) is 2. The highest BCUT2D eigenvalue weighted by atomic mass is 32.2. The van der Waals surface area contributed by atoms with Gasteiger partial charge < -0.3 is 14.2 Å². The van der Waals surface area contributed by atoms with E-state index < -0.39 is 34.5 Å². The first-order valence-corrected chi connectivity index (χ1v) is 15.5. The molecule has 6 aromatic rings. The zero-order chi connectivity index (χ0) is 31.2. The van der Waals surface area contributed by atoms with Gasteiger partial charge in [0.15, 0.2) is 0 Å². The monoisotopic (exact) mass is 617 g/mol. The smallest absolute Gasteiger partial charge is 0.368 e. The van der Waals surface area contributed by atoms with Crippen LogP contribution in [-0.2, 0) is 10.0 Å². The summed E-state index contributed by atoms with van der Waals surface area (Å²) >= 11 is 0. The molecule has 2 N–H and O–H groups in total. The Bertz CT molecular complexity index is 2110. The molecule has 0 aliphatic carbocycles. The van der Waals surface area contributed by atoms with Gasteiger partial charge in [0, 0.05) is 34.6 Å². The number of hydrogen-bond acceptors (Lipinski definition) is 6. The van der Waals surface area contributed by atoms with Gasteiger partial charge in [-0.3, -0.25) is 9.10 Å². The highest BCUT2D eigenvalue weighted by Gasteiger charge is 2.30. The van der Waals surface area contributed by atoms with Gasteiger partial charge >= 0.3 is 11.5 Å². The van der Waals surface area contributed by atoms with E-state index >= 15 is 0 Å². The molecule has 1 unspecified atom stereocenters. The van der Waals surface area contributed by atoms with Gasteiger partial charge in [0.2, 0.25) is 15.6 Å². The van der Waals surface area contributed by atoms with Gasteiger partial charge in [0.1, 0.15) is 23.8 Å². The van der Waals surface area contributed by atoms with Crippen LogP contribution >= 0.6 is 0 Å². The molecule has 0 saturated carbocycles. The average molecular weight is 618 g/mol. The first-order valence-electron chi connectivity index (χ1n) is 13.6. The minimum atomic E-state index is -3.99. The van der Waals surface area contributed by atoms with E-state index in [2.05, 4.69) is 15.3 Å². The van der Waals surface area contributed by atoms with Gasteiger partial charge in [0.05, 0.1) is 35.3 Å². The normalized spacial score (nSPS) is 12.5. The van der Waals surface area contributed by atoms with Gasteiger partial charge in [-0.15, -0.1) is 0 Å². The van der Waals surface area contributed by atoms with Crippen LogP contribution in [0.5, 0.6) is 0 Å². The van der Waals surface area contributed by atoms with Crippen LogP contribution in [0.3, 0.4) is 0 Å². The van der Waals surface area contributed by atoms with Crippen LogP contribution in [0.4, 0.5) is 14.5 Å². The van der Waals surface area contributed by atoms with E-state index in [1.54, 1.807) is 48.7 Å². The van der Waals surface area contributed by atoms with Gasteiger partial charge in [-0.2, -0.15) is 0 Å². The summed E-state index contributed by atoms with van der Waals surface area (Å²) < 4.78 is 67.2. The zero-order valence-corrected chi connectivity index (χ0v) is 24.7. The molecule has 0 aliphatic rings. The third-order valence-electron chi connectivity index (χ3n) is 7.22. The number of nitrogens with one attached hydrogen (secondary N) is 2. The maximum Gasteiger partial charge on any atom is 0.368 e. The molecule has 3 heterocycles. The molecule has 3 aromatic carbocycles. The molecule has 1 amide bonds. The molecule has 1 atom stereocenters. The second-order valence-corrected chi connectivity index (χ2v) is 12.2. The van der Waals surface area contributed by atoms with Crippen LogP contribution in [0.25, 0.3) is 56.1 Å². The molecule has 3 aromatic heterocycles. The topological polar surface area (TPSA) is 120 Å². The Balaban J connectivity index is 1.64. The number of anilines is 1. The Labute approximate surface area is 251 Å². The Kier molecular flexibility index (Phi) is 7.38. The van der Waals surface area contributed by atoms with Gasteiger partial charge in [0.25, 0.3) is 5.91 Å². The summed E-state index contributed by atoms with van der Waals surface area (Å²) in [6.07, 6.45) is 2.73. The fourth-order valence-electron chi connectivity index (χ4n) is 5.26. The quantitative estimate of drug-likeness (QED) is 0.223. The van der Waals surface area contributed by atoms with E-state index in [4.69, 9.17) is 8.83 Å². The number of benzene rings is 3. The third-order valence-corrected chi connectivity index (χ3v) is 8.49. The molecule has 0 spiro atoms. The summed E-state index contributed by atoms with van der Waals surface area (Å²) in [6, 6.07) is 18.2. The van der Waals surface area contributed by atoms with Crippen LogP contribution in [0, 0.1) is 5.82 Å². The van der Waals surface area contributed by atoms with Crippen molar-refractivity contribution in [3.05, 3.63) is 90.4 Å². The number of rotatable bonds is 8. The maximum absolute atomic E-state index is 14.1. The lowest BCUT2D eigenvalue weighted by atomic mass is 9.97. The number of oxazole rings is 1. The van der Waals surface area contributed by atoms with Crippen LogP contribution in [0.2, 0.25) is 0 Å². The lowest BCUT2D eigenvalue weighted by Crippen LogP contribution is -2.39. The lowest BCUT2D eigenvalue weighted by Gasteiger charge is -2.29. The molecule has 0 aliphatic heterocycles. The van der Waals surface area contributed by atoms with E-state index in [0.29, 0.717) is 44.8 Å². The number of alkyl halides is 1. The third kappa shape index (κ3) is 5.17. The summed E-state index contributed by atoms with van der Waals surface area (Å²) in [5, 5.41) is 3.00. The molecule has 224 valence electrons. The summed E-state index contributed by atoms with van der Waals surface area (Å²) in [4.78, 5) is 20.8. The number of carbonyl (C=O) groups excluding carboxylic acids is 1. The number of furan rings is 1. The maximum atomic E-state index is 14.1. The average Bonchev–Trinajstić information content (AvgIpc) is 3.62. The first kappa shape index (κ1) is 29.0. The van der Waals surface area contributed by atoms with Crippen molar-refractivity contribution in [1.29, 1.82) is 0 Å². The van der Waals surface area contributed by atoms with E-state index in [9.17, 15) is 22.0 Å². The predicted octanol–water partition coefficient (Wildman–Crippen LogP) is 6.01. The van der Waals surface area contributed by atoms with Crippen molar-refractivity contribution >= 4 is 43.8 Å². The largest absolute Gasteiger partial charge is 0.455 e. The van der Waals surface area contributed by atoms with Crippen molar-refractivity contribution in [3.8, 4) is 33.9 Å². The molecule has 0 saturated heterocycles. The van der Waals surface area contributed by atoms with Crippen molar-refractivity contribution in [1.82, 2.24) is 10.3 Å².